The highest BCUT2D eigenvalue weighted by molar-refractivity contribution is 6.03. The van der Waals surface area contributed by atoms with Gasteiger partial charge in [0.2, 0.25) is 0 Å². The number of methoxy groups -OCH3 is 1. The number of carbonyl (C=O) groups excluding carboxylic acids is 2. The maximum absolute atomic E-state index is 12.6. The zero-order valence-electron chi connectivity index (χ0n) is 13.6. The van der Waals surface area contributed by atoms with E-state index in [2.05, 4.69) is 0 Å². The molecular formula is C17H23NO4. The summed E-state index contributed by atoms with van der Waals surface area (Å²) in [7, 11) is 1.54. The summed E-state index contributed by atoms with van der Waals surface area (Å²) in [6.45, 7) is 5.99. The van der Waals surface area contributed by atoms with Crippen molar-refractivity contribution in [3.63, 3.8) is 0 Å². The average molecular weight is 305 g/mol. The SMILES string of the molecule is CCCC(=O)c1ccc2c(c1)N(COC)C(=O)C(C(C)C)O2. The number of Topliss-reactive ketones (excluding diaryl/α,β-unsaturated/α-hetero) is 1. The molecule has 1 atom stereocenters. The first kappa shape index (κ1) is 16.5. The van der Waals surface area contributed by atoms with Crippen LogP contribution in [0.1, 0.15) is 44.0 Å². The Balaban J connectivity index is 2.41. The van der Waals surface area contributed by atoms with Crippen LogP contribution in [0.3, 0.4) is 0 Å². The van der Waals surface area contributed by atoms with Crippen molar-refractivity contribution in [1.29, 1.82) is 0 Å². The van der Waals surface area contributed by atoms with Crippen LogP contribution in [0.4, 0.5) is 5.69 Å². The fourth-order valence-corrected chi connectivity index (χ4v) is 2.52. The normalized spacial score (nSPS) is 17.4. The van der Waals surface area contributed by atoms with E-state index >= 15 is 0 Å². The molecule has 120 valence electrons. The molecule has 1 aromatic carbocycles. The highest BCUT2D eigenvalue weighted by atomic mass is 16.5. The van der Waals surface area contributed by atoms with Crippen molar-refractivity contribution < 1.29 is 19.1 Å². The second-order valence-electron chi connectivity index (χ2n) is 5.82. The van der Waals surface area contributed by atoms with Crippen molar-refractivity contribution in [3.05, 3.63) is 23.8 Å². The maximum atomic E-state index is 12.6. The Morgan fingerprint density at radius 2 is 2.14 bits per heavy atom. The summed E-state index contributed by atoms with van der Waals surface area (Å²) in [5.41, 5.74) is 1.20. The van der Waals surface area contributed by atoms with Gasteiger partial charge in [-0.25, -0.2) is 0 Å². The molecule has 0 saturated heterocycles. The van der Waals surface area contributed by atoms with Crippen LogP contribution in [0.15, 0.2) is 18.2 Å². The molecule has 1 unspecified atom stereocenters. The van der Waals surface area contributed by atoms with Crippen LogP contribution in [0.2, 0.25) is 0 Å². The smallest absolute Gasteiger partial charge is 0.270 e. The third-order valence-corrected chi connectivity index (χ3v) is 3.68. The molecule has 22 heavy (non-hydrogen) atoms. The van der Waals surface area contributed by atoms with Crippen LogP contribution in [-0.4, -0.2) is 31.6 Å². The minimum absolute atomic E-state index is 0.0569. The average Bonchev–Trinajstić information content (AvgIpc) is 2.49. The summed E-state index contributed by atoms with van der Waals surface area (Å²) < 4.78 is 11.0. The predicted octanol–water partition coefficient (Wildman–Crippen LogP) is 3.02. The highest BCUT2D eigenvalue weighted by Crippen LogP contribution is 2.36. The van der Waals surface area contributed by atoms with Crippen molar-refractivity contribution >= 4 is 17.4 Å². The Morgan fingerprint density at radius 3 is 2.73 bits per heavy atom. The molecule has 0 spiro atoms. The van der Waals surface area contributed by atoms with E-state index in [0.717, 1.165) is 6.42 Å². The van der Waals surface area contributed by atoms with Crippen molar-refractivity contribution in [2.75, 3.05) is 18.7 Å². The zero-order valence-corrected chi connectivity index (χ0v) is 13.6. The molecule has 0 aliphatic carbocycles. The molecule has 1 aliphatic rings. The Hall–Kier alpha value is -1.88. The summed E-state index contributed by atoms with van der Waals surface area (Å²) >= 11 is 0. The van der Waals surface area contributed by atoms with Gasteiger partial charge in [-0.15, -0.1) is 0 Å². The minimum atomic E-state index is -0.528. The fourth-order valence-electron chi connectivity index (χ4n) is 2.52. The molecule has 1 aromatic rings. The highest BCUT2D eigenvalue weighted by Gasteiger charge is 2.36. The van der Waals surface area contributed by atoms with Gasteiger partial charge in [0.1, 0.15) is 12.5 Å². The number of amides is 1. The van der Waals surface area contributed by atoms with Gasteiger partial charge in [-0.3, -0.25) is 14.5 Å². The Labute approximate surface area is 131 Å². The summed E-state index contributed by atoms with van der Waals surface area (Å²) in [5.74, 6) is 0.607. The molecule has 0 aromatic heterocycles. The number of hydrogen-bond donors (Lipinski definition) is 0. The zero-order chi connectivity index (χ0) is 16.3. The quantitative estimate of drug-likeness (QED) is 0.758. The Morgan fingerprint density at radius 1 is 1.41 bits per heavy atom. The van der Waals surface area contributed by atoms with Crippen LogP contribution in [-0.2, 0) is 9.53 Å². The second-order valence-corrected chi connectivity index (χ2v) is 5.82. The third kappa shape index (κ3) is 3.14. The van der Waals surface area contributed by atoms with Crippen LogP contribution in [0, 0.1) is 5.92 Å². The largest absolute Gasteiger partial charge is 0.478 e. The predicted molar refractivity (Wildman–Crippen MR) is 84.3 cm³/mol. The lowest BCUT2D eigenvalue weighted by Gasteiger charge is -2.35. The molecule has 0 fully saturated rings. The molecule has 1 aliphatic heterocycles. The first-order valence-corrected chi connectivity index (χ1v) is 7.63. The number of ketones is 1. The number of nitrogens with zero attached hydrogens (tertiary/aromatic N) is 1. The van der Waals surface area contributed by atoms with Crippen molar-refractivity contribution in [2.45, 2.75) is 39.7 Å². The van der Waals surface area contributed by atoms with Gasteiger partial charge in [-0.2, -0.15) is 0 Å². The minimum Gasteiger partial charge on any atom is -0.478 e. The fraction of sp³-hybridized carbons (Fsp3) is 0.529. The first-order valence-electron chi connectivity index (χ1n) is 7.63. The van der Waals surface area contributed by atoms with Crippen LogP contribution < -0.4 is 9.64 Å². The van der Waals surface area contributed by atoms with Gasteiger partial charge in [0.05, 0.1) is 5.69 Å². The van der Waals surface area contributed by atoms with E-state index < -0.39 is 6.10 Å². The number of benzene rings is 1. The van der Waals surface area contributed by atoms with Gasteiger partial charge >= 0.3 is 0 Å². The number of rotatable bonds is 6. The number of ether oxygens (including phenoxy) is 2. The number of fused-ring (bicyclic) bond motifs is 1. The van der Waals surface area contributed by atoms with Gasteiger partial charge in [0.25, 0.3) is 5.91 Å². The standard InChI is InChI=1S/C17H23NO4/c1-5-6-14(19)12-7-8-15-13(9-12)18(10-21-4)17(20)16(22-15)11(2)3/h7-9,11,16H,5-6,10H2,1-4H3. The molecule has 0 saturated carbocycles. The van der Waals surface area contributed by atoms with E-state index in [1.165, 1.54) is 0 Å². The molecule has 5 nitrogen and oxygen atoms in total. The molecule has 2 rings (SSSR count). The third-order valence-electron chi connectivity index (χ3n) is 3.68. The van der Waals surface area contributed by atoms with E-state index in [-0.39, 0.29) is 24.3 Å². The summed E-state index contributed by atoms with van der Waals surface area (Å²) in [5, 5.41) is 0. The van der Waals surface area contributed by atoms with Crippen molar-refractivity contribution in [2.24, 2.45) is 5.92 Å². The molecule has 0 bridgehead atoms. The maximum Gasteiger partial charge on any atom is 0.270 e. The van der Waals surface area contributed by atoms with Crippen LogP contribution >= 0.6 is 0 Å². The van der Waals surface area contributed by atoms with Crippen LogP contribution in [0.25, 0.3) is 0 Å². The van der Waals surface area contributed by atoms with E-state index in [1.807, 2.05) is 20.8 Å². The van der Waals surface area contributed by atoms with E-state index in [1.54, 1.807) is 30.2 Å². The second kappa shape index (κ2) is 6.92. The number of carbonyl (C=O) groups is 2. The van der Waals surface area contributed by atoms with E-state index in [0.29, 0.717) is 23.4 Å². The van der Waals surface area contributed by atoms with Crippen LogP contribution in [0.5, 0.6) is 5.75 Å². The van der Waals surface area contributed by atoms with Crippen molar-refractivity contribution in [3.8, 4) is 5.75 Å². The number of anilines is 1. The van der Waals surface area contributed by atoms with E-state index in [9.17, 15) is 9.59 Å². The van der Waals surface area contributed by atoms with Gasteiger partial charge in [0.15, 0.2) is 11.9 Å². The summed E-state index contributed by atoms with van der Waals surface area (Å²) in [6.07, 6.45) is 0.759. The lowest BCUT2D eigenvalue weighted by atomic mass is 10.0. The number of hydrogen-bond acceptors (Lipinski definition) is 4. The monoisotopic (exact) mass is 305 g/mol. The summed E-state index contributed by atoms with van der Waals surface area (Å²) in [6, 6.07) is 5.25. The molecule has 0 radical (unpaired) electrons. The first-order chi connectivity index (χ1) is 10.5. The van der Waals surface area contributed by atoms with Gasteiger partial charge in [-0.05, 0) is 30.5 Å². The van der Waals surface area contributed by atoms with Gasteiger partial charge in [0, 0.05) is 19.1 Å². The molecule has 0 N–H and O–H groups in total. The molecule has 5 heteroatoms. The summed E-state index contributed by atoms with van der Waals surface area (Å²) in [4.78, 5) is 26.2. The lowest BCUT2D eigenvalue weighted by Crippen LogP contribution is -2.49. The topological polar surface area (TPSA) is 55.8 Å². The molecule has 1 heterocycles. The molecular weight excluding hydrogens is 282 g/mol. The Bertz CT molecular complexity index is 568. The van der Waals surface area contributed by atoms with Gasteiger partial charge < -0.3 is 9.47 Å². The van der Waals surface area contributed by atoms with Crippen molar-refractivity contribution in [1.82, 2.24) is 0 Å². The van der Waals surface area contributed by atoms with Gasteiger partial charge in [-0.1, -0.05) is 20.8 Å². The molecule has 1 amide bonds. The van der Waals surface area contributed by atoms with E-state index in [4.69, 9.17) is 9.47 Å². The Kier molecular flexibility index (Phi) is 5.19. The lowest BCUT2D eigenvalue weighted by molar-refractivity contribution is -0.129.